The monoisotopic (exact) mass is 360 g/mol. The molecule has 1 aromatic heterocycles. The number of H-pyrrole nitrogens is 1. The second kappa shape index (κ2) is 7.65. The normalized spacial score (nSPS) is 14.8. The number of amides is 1. The third-order valence-electron chi connectivity index (χ3n) is 4.55. The molecule has 0 radical (unpaired) electrons. The van der Waals surface area contributed by atoms with E-state index < -0.39 is 0 Å². The van der Waals surface area contributed by atoms with Crippen LogP contribution in [0.1, 0.15) is 16.7 Å². The Morgan fingerprint density at radius 1 is 1.31 bits per heavy atom. The number of nitrogens with one attached hydrogen (secondary N) is 1. The van der Waals surface area contributed by atoms with Crippen molar-refractivity contribution in [2.75, 3.05) is 31.6 Å². The van der Waals surface area contributed by atoms with Crippen LogP contribution in [0.2, 0.25) is 0 Å². The summed E-state index contributed by atoms with van der Waals surface area (Å²) in [6.07, 6.45) is 1.54. The number of halogens is 1. The van der Waals surface area contributed by atoms with Crippen molar-refractivity contribution in [1.82, 2.24) is 15.1 Å². The minimum atomic E-state index is -0.318. The van der Waals surface area contributed by atoms with Crippen LogP contribution < -0.4 is 10.5 Å². The van der Waals surface area contributed by atoms with Gasteiger partial charge in [0.05, 0.1) is 30.6 Å². The van der Waals surface area contributed by atoms with Crippen molar-refractivity contribution >= 4 is 11.6 Å². The zero-order valence-electron chi connectivity index (χ0n) is 14.8. The van der Waals surface area contributed by atoms with Gasteiger partial charge in [0, 0.05) is 26.7 Å². The third-order valence-corrected chi connectivity index (χ3v) is 4.55. The summed E-state index contributed by atoms with van der Waals surface area (Å²) in [5, 5.41) is 6.23. The molecule has 1 aliphatic heterocycles. The standard InChI is InChI=1S/C18H21FN4O3/c1-12-7-14(19)4-3-13(12)9-23-6-5-22(10-17(23)24)16-8-20-21-18(25)15(16)11-26-2/h3-4,7-8H,5-6,9-11H2,1-2H3,(H,21,25). The van der Waals surface area contributed by atoms with E-state index in [1.165, 1.54) is 19.2 Å². The van der Waals surface area contributed by atoms with E-state index in [2.05, 4.69) is 10.2 Å². The molecule has 1 aliphatic rings. The summed E-state index contributed by atoms with van der Waals surface area (Å²) < 4.78 is 18.3. The first-order chi connectivity index (χ1) is 12.5. The van der Waals surface area contributed by atoms with Crippen LogP contribution in [-0.2, 0) is 22.7 Å². The second-order valence-electron chi connectivity index (χ2n) is 6.30. The average Bonchev–Trinajstić information content (AvgIpc) is 2.61. The number of aromatic amines is 1. The Labute approximate surface area is 150 Å². The number of hydrogen-bond donors (Lipinski definition) is 1. The van der Waals surface area contributed by atoms with E-state index in [0.717, 1.165) is 11.1 Å². The van der Waals surface area contributed by atoms with Crippen molar-refractivity contribution in [2.45, 2.75) is 20.1 Å². The summed E-state index contributed by atoms with van der Waals surface area (Å²) in [5.41, 5.74) is 2.49. The molecule has 7 nitrogen and oxygen atoms in total. The average molecular weight is 360 g/mol. The SMILES string of the molecule is COCc1c(N2CCN(Cc3ccc(F)cc3C)C(=O)C2)cn[nH]c1=O. The highest BCUT2D eigenvalue weighted by Crippen LogP contribution is 2.21. The molecular weight excluding hydrogens is 339 g/mol. The number of ether oxygens (including phenoxy) is 1. The molecule has 1 amide bonds. The number of methoxy groups -OCH3 is 1. The van der Waals surface area contributed by atoms with Crippen LogP contribution in [0.3, 0.4) is 0 Å². The molecule has 26 heavy (non-hydrogen) atoms. The van der Waals surface area contributed by atoms with Gasteiger partial charge in [-0.2, -0.15) is 5.10 Å². The van der Waals surface area contributed by atoms with Gasteiger partial charge in [-0.15, -0.1) is 0 Å². The van der Waals surface area contributed by atoms with E-state index in [4.69, 9.17) is 4.74 Å². The Morgan fingerprint density at radius 3 is 2.81 bits per heavy atom. The molecule has 1 saturated heterocycles. The van der Waals surface area contributed by atoms with Crippen LogP contribution in [0.5, 0.6) is 0 Å². The summed E-state index contributed by atoms with van der Waals surface area (Å²) in [6.45, 7) is 3.66. The first-order valence-corrected chi connectivity index (χ1v) is 8.33. The Hall–Kier alpha value is -2.74. The van der Waals surface area contributed by atoms with Crippen molar-refractivity contribution in [1.29, 1.82) is 0 Å². The molecule has 1 aromatic carbocycles. The zero-order valence-corrected chi connectivity index (χ0v) is 14.8. The van der Waals surface area contributed by atoms with Crippen LogP contribution >= 0.6 is 0 Å². The summed E-state index contributed by atoms with van der Waals surface area (Å²) in [4.78, 5) is 28.1. The van der Waals surface area contributed by atoms with Crippen LogP contribution in [0.25, 0.3) is 0 Å². The second-order valence-corrected chi connectivity index (χ2v) is 6.30. The number of rotatable bonds is 5. The number of anilines is 1. The molecule has 2 aromatic rings. The van der Waals surface area contributed by atoms with E-state index in [0.29, 0.717) is 30.9 Å². The lowest BCUT2D eigenvalue weighted by Gasteiger charge is -2.36. The molecule has 0 saturated carbocycles. The van der Waals surface area contributed by atoms with Gasteiger partial charge in [-0.05, 0) is 30.2 Å². The molecule has 0 aliphatic carbocycles. The summed E-state index contributed by atoms with van der Waals surface area (Å²) in [5.74, 6) is -0.335. The number of aryl methyl sites for hydroxylation is 1. The van der Waals surface area contributed by atoms with E-state index in [1.54, 1.807) is 17.2 Å². The molecule has 0 bridgehead atoms. The van der Waals surface area contributed by atoms with Crippen molar-refractivity contribution in [3.05, 3.63) is 57.3 Å². The summed E-state index contributed by atoms with van der Waals surface area (Å²) in [7, 11) is 1.51. The fourth-order valence-corrected chi connectivity index (χ4v) is 3.09. The molecule has 138 valence electrons. The van der Waals surface area contributed by atoms with Crippen LogP contribution in [-0.4, -0.2) is 47.7 Å². The Balaban J connectivity index is 1.74. The lowest BCUT2D eigenvalue weighted by molar-refractivity contribution is -0.131. The third kappa shape index (κ3) is 3.75. The molecule has 1 N–H and O–H groups in total. The van der Waals surface area contributed by atoms with E-state index >= 15 is 0 Å². The highest BCUT2D eigenvalue weighted by molar-refractivity contribution is 5.83. The van der Waals surface area contributed by atoms with E-state index in [1.807, 2.05) is 11.8 Å². The molecule has 2 heterocycles. The van der Waals surface area contributed by atoms with Gasteiger partial charge < -0.3 is 14.5 Å². The van der Waals surface area contributed by atoms with Gasteiger partial charge in [-0.3, -0.25) is 9.59 Å². The first-order valence-electron chi connectivity index (χ1n) is 8.33. The van der Waals surface area contributed by atoms with E-state index in [9.17, 15) is 14.0 Å². The largest absolute Gasteiger partial charge is 0.380 e. The summed E-state index contributed by atoms with van der Waals surface area (Å²) >= 11 is 0. The smallest absolute Gasteiger partial charge is 0.271 e. The van der Waals surface area contributed by atoms with Crippen LogP contribution in [0.4, 0.5) is 10.1 Å². The molecule has 3 rings (SSSR count). The number of aromatic nitrogens is 2. The van der Waals surface area contributed by atoms with Gasteiger partial charge in [0.2, 0.25) is 5.91 Å². The maximum Gasteiger partial charge on any atom is 0.271 e. The minimum Gasteiger partial charge on any atom is -0.380 e. The Kier molecular flexibility index (Phi) is 5.32. The maximum atomic E-state index is 13.2. The minimum absolute atomic E-state index is 0.0522. The van der Waals surface area contributed by atoms with Crippen molar-refractivity contribution in [3.63, 3.8) is 0 Å². The van der Waals surface area contributed by atoms with Gasteiger partial charge in [0.1, 0.15) is 5.82 Å². The van der Waals surface area contributed by atoms with Crippen molar-refractivity contribution in [2.24, 2.45) is 0 Å². The lowest BCUT2D eigenvalue weighted by Crippen LogP contribution is -2.50. The van der Waals surface area contributed by atoms with Gasteiger partial charge in [-0.25, -0.2) is 9.49 Å². The number of piperazine rings is 1. The van der Waals surface area contributed by atoms with Gasteiger partial charge in [-0.1, -0.05) is 6.07 Å². The topological polar surface area (TPSA) is 78.5 Å². The summed E-state index contributed by atoms with van der Waals surface area (Å²) in [6, 6.07) is 4.58. The number of hydrogen-bond acceptors (Lipinski definition) is 5. The lowest BCUT2D eigenvalue weighted by atomic mass is 10.1. The predicted molar refractivity (Wildman–Crippen MR) is 94.3 cm³/mol. The van der Waals surface area contributed by atoms with Crippen LogP contribution in [0, 0.1) is 12.7 Å². The number of benzene rings is 1. The van der Waals surface area contributed by atoms with Gasteiger partial charge >= 0.3 is 0 Å². The fourth-order valence-electron chi connectivity index (χ4n) is 3.09. The highest BCUT2D eigenvalue weighted by atomic mass is 19.1. The molecule has 1 fully saturated rings. The quantitative estimate of drug-likeness (QED) is 0.867. The Bertz CT molecular complexity index is 868. The maximum absolute atomic E-state index is 13.2. The number of nitrogens with zero attached hydrogens (tertiary/aromatic N) is 3. The van der Waals surface area contributed by atoms with Gasteiger partial charge in [0.25, 0.3) is 5.56 Å². The number of carbonyl (C=O) groups excluding carboxylic acids is 1. The van der Waals surface area contributed by atoms with Crippen LogP contribution in [0.15, 0.2) is 29.2 Å². The zero-order chi connectivity index (χ0) is 18.7. The first kappa shape index (κ1) is 18.1. The number of carbonyl (C=O) groups is 1. The fraction of sp³-hybridized carbons (Fsp3) is 0.389. The molecule has 8 heteroatoms. The Morgan fingerprint density at radius 2 is 2.12 bits per heavy atom. The highest BCUT2D eigenvalue weighted by Gasteiger charge is 2.26. The molecule has 0 atom stereocenters. The van der Waals surface area contributed by atoms with Crippen molar-refractivity contribution in [3.8, 4) is 0 Å². The predicted octanol–water partition coefficient (Wildman–Crippen LogP) is 1.21. The van der Waals surface area contributed by atoms with E-state index in [-0.39, 0.29) is 30.4 Å². The molecular formula is C18H21FN4O3. The molecule has 0 unspecified atom stereocenters. The van der Waals surface area contributed by atoms with Crippen molar-refractivity contribution < 1.29 is 13.9 Å². The van der Waals surface area contributed by atoms with Gasteiger partial charge in [0.15, 0.2) is 0 Å². The molecule has 0 spiro atoms.